The van der Waals surface area contributed by atoms with Crippen LogP contribution in [0.15, 0.2) is 28.9 Å². The van der Waals surface area contributed by atoms with Crippen LogP contribution in [0.2, 0.25) is 0 Å². The van der Waals surface area contributed by atoms with Crippen LogP contribution >= 0.6 is 0 Å². The van der Waals surface area contributed by atoms with Crippen molar-refractivity contribution in [1.82, 2.24) is 15.0 Å². The van der Waals surface area contributed by atoms with Crippen molar-refractivity contribution in [2.45, 2.75) is 32.7 Å². The fraction of sp³-hybridized carbons (Fsp3) is 0.400. The lowest BCUT2D eigenvalue weighted by Crippen LogP contribution is -2.53. The van der Waals surface area contributed by atoms with Gasteiger partial charge in [0, 0.05) is 19.3 Å². The van der Waals surface area contributed by atoms with E-state index in [0.717, 1.165) is 5.69 Å². The van der Waals surface area contributed by atoms with Crippen molar-refractivity contribution in [3.8, 4) is 0 Å². The van der Waals surface area contributed by atoms with Crippen LogP contribution in [0.4, 0.5) is 5.82 Å². The van der Waals surface area contributed by atoms with Crippen LogP contribution in [-0.2, 0) is 6.54 Å². The van der Waals surface area contributed by atoms with Gasteiger partial charge in [0.2, 0.25) is 6.35 Å². The minimum atomic E-state index is -1.09. The molecule has 2 aromatic rings. The maximum Gasteiger partial charge on any atom is 0.261 e. The average molecular weight is 302 g/mol. The summed E-state index contributed by atoms with van der Waals surface area (Å²) in [6, 6.07) is 5.20. The van der Waals surface area contributed by atoms with Crippen molar-refractivity contribution in [1.29, 1.82) is 0 Å². The van der Waals surface area contributed by atoms with Gasteiger partial charge in [-0.3, -0.25) is 9.69 Å². The predicted octanol–water partition coefficient (Wildman–Crippen LogP) is 1.56. The zero-order chi connectivity index (χ0) is 15.9. The highest BCUT2D eigenvalue weighted by atomic mass is 16.5. The summed E-state index contributed by atoms with van der Waals surface area (Å²) in [5.74, 6) is 0.969. The van der Waals surface area contributed by atoms with E-state index in [1.54, 1.807) is 30.3 Å². The summed E-state index contributed by atoms with van der Waals surface area (Å²) >= 11 is 0. The molecule has 0 saturated carbocycles. The number of aromatic nitrogens is 2. The van der Waals surface area contributed by atoms with Gasteiger partial charge in [0.25, 0.3) is 5.91 Å². The molecule has 0 fully saturated rings. The molecule has 1 unspecified atom stereocenters. The first kappa shape index (κ1) is 14.5. The van der Waals surface area contributed by atoms with Gasteiger partial charge in [-0.25, -0.2) is 4.98 Å². The van der Waals surface area contributed by atoms with Crippen molar-refractivity contribution in [2.75, 3.05) is 11.9 Å². The molecule has 0 aliphatic carbocycles. The minimum Gasteiger partial charge on any atom is -0.359 e. The fourth-order valence-corrected chi connectivity index (χ4v) is 2.42. The molecule has 22 heavy (non-hydrogen) atoms. The lowest BCUT2D eigenvalue weighted by Gasteiger charge is -2.38. The highest BCUT2D eigenvalue weighted by molar-refractivity contribution is 6.00. The first-order valence-electron chi connectivity index (χ1n) is 7.11. The Morgan fingerprint density at radius 1 is 1.45 bits per heavy atom. The molecular formula is C15H18N4O3. The summed E-state index contributed by atoms with van der Waals surface area (Å²) < 4.78 is 5.26. The van der Waals surface area contributed by atoms with Crippen LogP contribution < -0.4 is 4.90 Å². The second kappa shape index (κ2) is 5.42. The first-order chi connectivity index (χ1) is 10.5. The molecule has 0 saturated heterocycles. The van der Waals surface area contributed by atoms with Crippen LogP contribution in [0.5, 0.6) is 0 Å². The van der Waals surface area contributed by atoms with E-state index in [4.69, 9.17) is 4.52 Å². The Morgan fingerprint density at radius 2 is 2.23 bits per heavy atom. The number of rotatable bonds is 3. The summed E-state index contributed by atoms with van der Waals surface area (Å²) in [6.45, 7) is 4.18. The van der Waals surface area contributed by atoms with Crippen molar-refractivity contribution >= 4 is 11.7 Å². The summed E-state index contributed by atoms with van der Waals surface area (Å²) in [5.41, 5.74) is 1.28. The standard InChI is InChI=1S/C15H18N4O3/c1-9(2)12-7-10(22-17-12)8-19-14(20)11-5-4-6-16-13(11)18(3)15(19)21/h4-7,9,15,21H,8H2,1-3H3. The van der Waals surface area contributed by atoms with Crippen LogP contribution in [0.1, 0.15) is 41.6 Å². The lowest BCUT2D eigenvalue weighted by molar-refractivity contribution is -0.00337. The number of carbonyl (C=O) groups is 1. The molecule has 1 atom stereocenters. The maximum atomic E-state index is 12.6. The molecule has 0 aromatic carbocycles. The van der Waals surface area contributed by atoms with Gasteiger partial charge in [0.15, 0.2) is 5.76 Å². The molecule has 1 amide bonds. The van der Waals surface area contributed by atoms with E-state index in [-0.39, 0.29) is 18.4 Å². The van der Waals surface area contributed by atoms with E-state index in [2.05, 4.69) is 10.1 Å². The van der Waals surface area contributed by atoms with Gasteiger partial charge < -0.3 is 14.5 Å². The second-order valence-corrected chi connectivity index (χ2v) is 5.64. The molecule has 0 bridgehead atoms. The largest absolute Gasteiger partial charge is 0.359 e. The summed E-state index contributed by atoms with van der Waals surface area (Å²) in [7, 11) is 1.69. The molecule has 0 radical (unpaired) electrons. The number of hydrogen-bond donors (Lipinski definition) is 1. The van der Waals surface area contributed by atoms with E-state index in [9.17, 15) is 9.90 Å². The quantitative estimate of drug-likeness (QED) is 0.926. The number of nitrogens with zero attached hydrogens (tertiary/aromatic N) is 4. The predicted molar refractivity (Wildman–Crippen MR) is 79.1 cm³/mol. The zero-order valence-electron chi connectivity index (χ0n) is 12.7. The van der Waals surface area contributed by atoms with Gasteiger partial charge in [0.1, 0.15) is 5.82 Å². The molecule has 1 aliphatic rings. The second-order valence-electron chi connectivity index (χ2n) is 5.64. The molecule has 116 valence electrons. The number of anilines is 1. The third kappa shape index (κ3) is 2.33. The van der Waals surface area contributed by atoms with Crippen LogP contribution in [0, 0.1) is 0 Å². The van der Waals surface area contributed by atoms with E-state index < -0.39 is 6.35 Å². The molecule has 1 N–H and O–H groups in total. The highest BCUT2D eigenvalue weighted by Gasteiger charge is 2.36. The normalized spacial score (nSPS) is 18.0. The molecular weight excluding hydrogens is 284 g/mol. The van der Waals surface area contributed by atoms with Crippen molar-refractivity contribution in [3.63, 3.8) is 0 Å². The van der Waals surface area contributed by atoms with E-state index in [1.165, 1.54) is 4.90 Å². The Labute approximate surface area is 128 Å². The smallest absolute Gasteiger partial charge is 0.261 e. The van der Waals surface area contributed by atoms with Gasteiger partial charge in [-0.15, -0.1) is 0 Å². The fourth-order valence-electron chi connectivity index (χ4n) is 2.42. The number of hydrogen-bond acceptors (Lipinski definition) is 6. The third-order valence-electron chi connectivity index (χ3n) is 3.73. The maximum absolute atomic E-state index is 12.6. The van der Waals surface area contributed by atoms with E-state index in [1.807, 2.05) is 19.9 Å². The first-order valence-corrected chi connectivity index (χ1v) is 7.11. The lowest BCUT2D eigenvalue weighted by atomic mass is 10.1. The Bertz CT molecular complexity index is 698. The number of aliphatic hydroxyl groups is 1. The monoisotopic (exact) mass is 302 g/mol. The molecule has 7 nitrogen and oxygen atoms in total. The minimum absolute atomic E-state index is 0.151. The molecule has 1 aliphatic heterocycles. The molecule has 2 aromatic heterocycles. The topological polar surface area (TPSA) is 82.7 Å². The Kier molecular flexibility index (Phi) is 3.58. The number of aliphatic hydroxyl groups excluding tert-OH is 1. The average Bonchev–Trinajstić information content (AvgIpc) is 2.98. The van der Waals surface area contributed by atoms with Crippen LogP contribution in [0.3, 0.4) is 0 Å². The zero-order valence-corrected chi connectivity index (χ0v) is 12.7. The summed E-state index contributed by atoms with van der Waals surface area (Å²) in [5, 5.41) is 14.3. The van der Waals surface area contributed by atoms with Gasteiger partial charge in [-0.1, -0.05) is 19.0 Å². The summed E-state index contributed by atoms with van der Waals surface area (Å²) in [4.78, 5) is 19.6. The van der Waals surface area contributed by atoms with Gasteiger partial charge in [-0.2, -0.15) is 0 Å². The van der Waals surface area contributed by atoms with Crippen molar-refractivity contribution < 1.29 is 14.4 Å². The van der Waals surface area contributed by atoms with E-state index >= 15 is 0 Å². The Balaban J connectivity index is 1.89. The molecule has 3 rings (SSSR count). The Morgan fingerprint density at radius 3 is 2.91 bits per heavy atom. The molecule has 7 heteroatoms. The van der Waals surface area contributed by atoms with Gasteiger partial charge >= 0.3 is 0 Å². The SMILES string of the molecule is CC(C)c1cc(CN2C(=O)c3cccnc3N(C)C2O)on1. The molecule has 0 spiro atoms. The number of carbonyl (C=O) groups excluding carboxylic acids is 1. The van der Waals surface area contributed by atoms with Crippen LogP contribution in [0.25, 0.3) is 0 Å². The van der Waals surface area contributed by atoms with Crippen molar-refractivity contribution in [3.05, 3.63) is 41.4 Å². The van der Waals surface area contributed by atoms with Crippen molar-refractivity contribution in [2.24, 2.45) is 0 Å². The molecule has 3 heterocycles. The number of fused-ring (bicyclic) bond motifs is 1. The highest BCUT2D eigenvalue weighted by Crippen LogP contribution is 2.28. The number of pyridine rings is 1. The Hall–Kier alpha value is -2.41. The van der Waals surface area contributed by atoms with Crippen LogP contribution in [-0.4, -0.2) is 39.5 Å². The number of amides is 1. The third-order valence-corrected chi connectivity index (χ3v) is 3.73. The van der Waals surface area contributed by atoms with Gasteiger partial charge in [-0.05, 0) is 18.1 Å². The summed E-state index contributed by atoms with van der Waals surface area (Å²) in [6.07, 6.45) is 0.499. The van der Waals surface area contributed by atoms with E-state index in [0.29, 0.717) is 17.1 Å². The van der Waals surface area contributed by atoms with Gasteiger partial charge in [0.05, 0.1) is 17.8 Å².